The molecule has 0 aliphatic rings. The second-order valence-electron chi connectivity index (χ2n) is 5.52. The molecule has 0 spiro atoms. The largest absolute Gasteiger partial charge is 0.254 e. The third kappa shape index (κ3) is 3.62. The molecule has 0 aliphatic carbocycles. The molecular weight excluding hydrogens is 300 g/mol. The van der Waals surface area contributed by atoms with Gasteiger partial charge in [-0.1, -0.05) is 49.9 Å². The van der Waals surface area contributed by atoms with Crippen molar-refractivity contribution in [1.29, 1.82) is 0 Å². The molecule has 1 aromatic carbocycles. The van der Waals surface area contributed by atoms with E-state index < -0.39 is 0 Å². The summed E-state index contributed by atoms with van der Waals surface area (Å²) in [7, 11) is 0. The minimum atomic E-state index is 0.468. The van der Waals surface area contributed by atoms with E-state index in [1.54, 1.807) is 11.8 Å². The Morgan fingerprint density at radius 2 is 1.57 bits per heavy atom. The second kappa shape index (κ2) is 7.42. The number of benzene rings is 1. The number of aromatic nitrogens is 2. The Balaban J connectivity index is 2.05. The average molecular weight is 320 g/mol. The summed E-state index contributed by atoms with van der Waals surface area (Å²) in [6.45, 7) is 4.45. The van der Waals surface area contributed by atoms with Gasteiger partial charge < -0.3 is 0 Å². The number of pyridine rings is 2. The summed E-state index contributed by atoms with van der Waals surface area (Å²) in [5.74, 6) is 0.468. The summed E-state index contributed by atoms with van der Waals surface area (Å²) >= 11 is 1.73. The summed E-state index contributed by atoms with van der Waals surface area (Å²) < 4.78 is 0. The minimum absolute atomic E-state index is 0.468. The molecule has 3 rings (SSSR count). The molecule has 0 radical (unpaired) electrons. The van der Waals surface area contributed by atoms with Crippen molar-refractivity contribution in [3.8, 4) is 11.4 Å². The van der Waals surface area contributed by atoms with E-state index in [9.17, 15) is 0 Å². The van der Waals surface area contributed by atoms with Crippen LogP contribution >= 0.6 is 11.8 Å². The standard InChI is InChI=1S/C20H20N2S/c1-3-15(2)17-11-7-13-21-19(17)20-18(12-8-14-22-20)23-16-9-5-4-6-10-16/h4-15H,3H2,1-2H3. The quantitative estimate of drug-likeness (QED) is 0.593. The summed E-state index contributed by atoms with van der Waals surface area (Å²) in [6, 6.07) is 18.7. The first-order valence-electron chi connectivity index (χ1n) is 7.92. The Labute approximate surface area is 142 Å². The van der Waals surface area contributed by atoms with Crippen LogP contribution in [0.15, 0.2) is 76.8 Å². The van der Waals surface area contributed by atoms with Gasteiger partial charge in [0.2, 0.25) is 0 Å². The van der Waals surface area contributed by atoms with Crippen molar-refractivity contribution in [1.82, 2.24) is 9.97 Å². The molecule has 2 nitrogen and oxygen atoms in total. The predicted molar refractivity (Wildman–Crippen MR) is 96.7 cm³/mol. The Morgan fingerprint density at radius 1 is 0.870 bits per heavy atom. The highest BCUT2D eigenvalue weighted by Gasteiger charge is 2.16. The van der Waals surface area contributed by atoms with Crippen molar-refractivity contribution in [3.05, 3.63) is 72.6 Å². The number of nitrogens with zero attached hydrogens (tertiary/aromatic N) is 2. The van der Waals surface area contributed by atoms with E-state index in [0.717, 1.165) is 22.7 Å². The van der Waals surface area contributed by atoms with Crippen molar-refractivity contribution in [2.24, 2.45) is 0 Å². The van der Waals surface area contributed by atoms with Crippen LogP contribution in [0.3, 0.4) is 0 Å². The van der Waals surface area contributed by atoms with Gasteiger partial charge in [0.1, 0.15) is 5.69 Å². The SMILES string of the molecule is CCC(C)c1cccnc1-c1ncccc1Sc1ccccc1. The number of hydrogen-bond donors (Lipinski definition) is 0. The topological polar surface area (TPSA) is 25.8 Å². The molecule has 0 bridgehead atoms. The van der Waals surface area contributed by atoms with Crippen LogP contribution in [0.4, 0.5) is 0 Å². The zero-order valence-electron chi connectivity index (χ0n) is 13.4. The van der Waals surface area contributed by atoms with Gasteiger partial charge in [0, 0.05) is 22.2 Å². The van der Waals surface area contributed by atoms with Crippen molar-refractivity contribution >= 4 is 11.8 Å². The highest BCUT2D eigenvalue weighted by Crippen LogP contribution is 2.36. The Bertz CT molecular complexity index is 771. The maximum absolute atomic E-state index is 4.64. The molecule has 2 aromatic heterocycles. The Kier molecular flexibility index (Phi) is 5.09. The van der Waals surface area contributed by atoms with Gasteiger partial charge >= 0.3 is 0 Å². The van der Waals surface area contributed by atoms with E-state index in [0.29, 0.717) is 5.92 Å². The Morgan fingerprint density at radius 3 is 2.30 bits per heavy atom. The lowest BCUT2D eigenvalue weighted by atomic mass is 9.96. The zero-order chi connectivity index (χ0) is 16.1. The van der Waals surface area contributed by atoms with Gasteiger partial charge in [-0.05, 0) is 48.2 Å². The van der Waals surface area contributed by atoms with Gasteiger partial charge in [0.25, 0.3) is 0 Å². The van der Waals surface area contributed by atoms with Crippen molar-refractivity contribution in [2.45, 2.75) is 36.0 Å². The van der Waals surface area contributed by atoms with Gasteiger partial charge in [-0.25, -0.2) is 0 Å². The molecule has 3 aromatic rings. The van der Waals surface area contributed by atoms with Crippen LogP contribution in [0.25, 0.3) is 11.4 Å². The fourth-order valence-electron chi connectivity index (χ4n) is 2.50. The maximum atomic E-state index is 4.64. The molecule has 0 saturated heterocycles. The van der Waals surface area contributed by atoms with Gasteiger partial charge in [-0.2, -0.15) is 0 Å². The predicted octanol–water partition coefficient (Wildman–Crippen LogP) is 5.81. The van der Waals surface area contributed by atoms with Gasteiger partial charge in [0.05, 0.1) is 5.69 Å². The highest BCUT2D eigenvalue weighted by molar-refractivity contribution is 7.99. The fourth-order valence-corrected chi connectivity index (χ4v) is 3.44. The molecule has 0 aliphatic heterocycles. The summed E-state index contributed by atoms with van der Waals surface area (Å²) in [5, 5.41) is 0. The lowest BCUT2D eigenvalue weighted by molar-refractivity contribution is 0.731. The molecular formula is C20H20N2S. The van der Waals surface area contributed by atoms with Crippen molar-refractivity contribution in [3.63, 3.8) is 0 Å². The highest BCUT2D eigenvalue weighted by atomic mass is 32.2. The van der Waals surface area contributed by atoms with Crippen LogP contribution in [-0.4, -0.2) is 9.97 Å². The first-order chi connectivity index (χ1) is 11.3. The molecule has 0 amide bonds. The van der Waals surface area contributed by atoms with Crippen molar-refractivity contribution < 1.29 is 0 Å². The molecule has 0 fully saturated rings. The molecule has 0 N–H and O–H groups in total. The van der Waals surface area contributed by atoms with Crippen LogP contribution in [-0.2, 0) is 0 Å². The lowest BCUT2D eigenvalue weighted by Gasteiger charge is -2.15. The molecule has 2 heterocycles. The van der Waals surface area contributed by atoms with E-state index >= 15 is 0 Å². The van der Waals surface area contributed by atoms with Crippen LogP contribution in [0, 0.1) is 0 Å². The Hall–Kier alpha value is -2.13. The number of rotatable bonds is 5. The van der Waals surface area contributed by atoms with Gasteiger partial charge in [-0.3, -0.25) is 9.97 Å². The molecule has 1 unspecified atom stereocenters. The van der Waals surface area contributed by atoms with Crippen LogP contribution in [0.2, 0.25) is 0 Å². The van der Waals surface area contributed by atoms with Gasteiger partial charge in [-0.15, -0.1) is 0 Å². The monoisotopic (exact) mass is 320 g/mol. The van der Waals surface area contributed by atoms with Gasteiger partial charge in [0.15, 0.2) is 0 Å². The van der Waals surface area contributed by atoms with Crippen LogP contribution < -0.4 is 0 Å². The summed E-state index contributed by atoms with van der Waals surface area (Å²) in [4.78, 5) is 11.6. The average Bonchev–Trinajstić information content (AvgIpc) is 2.62. The molecule has 116 valence electrons. The normalized spacial score (nSPS) is 12.1. The van der Waals surface area contributed by atoms with E-state index in [2.05, 4.69) is 60.2 Å². The summed E-state index contributed by atoms with van der Waals surface area (Å²) in [6.07, 6.45) is 4.79. The zero-order valence-corrected chi connectivity index (χ0v) is 14.3. The van der Waals surface area contributed by atoms with E-state index in [4.69, 9.17) is 0 Å². The van der Waals surface area contributed by atoms with Crippen LogP contribution in [0.1, 0.15) is 31.7 Å². The van der Waals surface area contributed by atoms with Crippen LogP contribution in [0.5, 0.6) is 0 Å². The van der Waals surface area contributed by atoms with E-state index in [1.165, 1.54) is 10.5 Å². The van der Waals surface area contributed by atoms with Crippen molar-refractivity contribution in [2.75, 3.05) is 0 Å². The second-order valence-corrected chi connectivity index (χ2v) is 6.63. The third-order valence-corrected chi connectivity index (χ3v) is 5.01. The number of hydrogen-bond acceptors (Lipinski definition) is 3. The minimum Gasteiger partial charge on any atom is -0.254 e. The maximum Gasteiger partial charge on any atom is 0.103 e. The van der Waals surface area contributed by atoms with E-state index in [1.807, 2.05) is 30.6 Å². The van der Waals surface area contributed by atoms with E-state index in [-0.39, 0.29) is 0 Å². The molecule has 0 saturated carbocycles. The third-order valence-electron chi connectivity index (χ3n) is 3.95. The fraction of sp³-hybridized carbons (Fsp3) is 0.200. The first kappa shape index (κ1) is 15.8. The molecule has 1 atom stereocenters. The molecule has 23 heavy (non-hydrogen) atoms. The smallest absolute Gasteiger partial charge is 0.103 e. The first-order valence-corrected chi connectivity index (χ1v) is 8.74. The summed E-state index contributed by atoms with van der Waals surface area (Å²) in [5.41, 5.74) is 3.24. The molecule has 3 heteroatoms. The lowest BCUT2D eigenvalue weighted by Crippen LogP contribution is -1.99.